The van der Waals surface area contributed by atoms with Crippen molar-refractivity contribution in [3.8, 4) is 5.82 Å². The van der Waals surface area contributed by atoms with Crippen LogP contribution in [0.15, 0.2) is 35.7 Å². The third-order valence-corrected chi connectivity index (χ3v) is 4.47. The number of morpholine rings is 1. The highest BCUT2D eigenvalue weighted by Gasteiger charge is 2.09. The van der Waals surface area contributed by atoms with Crippen molar-refractivity contribution in [3.05, 3.63) is 42.1 Å². The van der Waals surface area contributed by atoms with Gasteiger partial charge < -0.3 is 15.4 Å². The molecule has 1 saturated heterocycles. The van der Waals surface area contributed by atoms with Crippen molar-refractivity contribution in [2.75, 3.05) is 45.9 Å². The molecule has 0 atom stereocenters. The lowest BCUT2D eigenvalue weighted by atomic mass is 10.3. The summed E-state index contributed by atoms with van der Waals surface area (Å²) >= 11 is 0. The van der Waals surface area contributed by atoms with Crippen molar-refractivity contribution in [2.24, 2.45) is 4.99 Å². The van der Waals surface area contributed by atoms with Crippen LogP contribution in [-0.4, -0.2) is 71.3 Å². The molecule has 8 heteroatoms. The fraction of sp³-hybridized carbons (Fsp3) is 0.526. The molecular weight excluding hydrogens is 342 g/mol. The number of aromatic nitrogens is 3. The molecule has 0 bridgehead atoms. The lowest BCUT2D eigenvalue weighted by Gasteiger charge is -2.26. The van der Waals surface area contributed by atoms with Gasteiger partial charge in [0.05, 0.1) is 19.8 Å². The molecule has 1 aliphatic rings. The predicted octanol–water partition coefficient (Wildman–Crippen LogP) is 0.963. The van der Waals surface area contributed by atoms with Gasteiger partial charge in [-0.15, -0.1) is 0 Å². The quantitative estimate of drug-likeness (QED) is 0.558. The zero-order chi connectivity index (χ0) is 18.9. The number of nitrogens with one attached hydrogen (secondary N) is 2. The van der Waals surface area contributed by atoms with Gasteiger partial charge in [-0.1, -0.05) is 6.07 Å². The van der Waals surface area contributed by atoms with E-state index in [1.807, 2.05) is 30.0 Å². The molecule has 2 N–H and O–H groups in total. The molecular formula is C19H29N7O. The Bertz CT molecular complexity index is 720. The van der Waals surface area contributed by atoms with Gasteiger partial charge in [0, 0.05) is 51.3 Å². The Morgan fingerprint density at radius 2 is 2.07 bits per heavy atom. The summed E-state index contributed by atoms with van der Waals surface area (Å²) in [5.74, 6) is 2.63. The summed E-state index contributed by atoms with van der Waals surface area (Å²) in [6.07, 6.45) is 5.56. The predicted molar refractivity (Wildman–Crippen MR) is 106 cm³/mol. The summed E-state index contributed by atoms with van der Waals surface area (Å²) < 4.78 is 7.35. The number of imidazole rings is 1. The number of ether oxygens (including phenoxy) is 1. The van der Waals surface area contributed by atoms with Gasteiger partial charge in [0.1, 0.15) is 11.6 Å². The zero-order valence-corrected chi connectivity index (χ0v) is 16.2. The van der Waals surface area contributed by atoms with E-state index in [2.05, 4.69) is 43.5 Å². The van der Waals surface area contributed by atoms with E-state index in [4.69, 9.17) is 4.74 Å². The Kier molecular flexibility index (Phi) is 7.18. The van der Waals surface area contributed by atoms with Crippen LogP contribution in [0.5, 0.6) is 0 Å². The van der Waals surface area contributed by atoms with Crippen LogP contribution in [0.25, 0.3) is 5.82 Å². The largest absolute Gasteiger partial charge is 0.379 e. The Balaban J connectivity index is 1.52. The normalized spacial score (nSPS) is 15.7. The van der Waals surface area contributed by atoms with Crippen molar-refractivity contribution in [1.82, 2.24) is 30.1 Å². The first-order valence-corrected chi connectivity index (χ1v) is 9.54. The Labute approximate surface area is 160 Å². The summed E-state index contributed by atoms with van der Waals surface area (Å²) in [7, 11) is 0. The molecule has 0 radical (unpaired) electrons. The Morgan fingerprint density at radius 3 is 2.74 bits per heavy atom. The molecule has 0 aromatic carbocycles. The number of pyridine rings is 1. The van der Waals surface area contributed by atoms with E-state index in [0.717, 1.165) is 69.1 Å². The van der Waals surface area contributed by atoms with Crippen molar-refractivity contribution in [3.63, 3.8) is 0 Å². The highest BCUT2D eigenvalue weighted by atomic mass is 16.5. The average molecular weight is 371 g/mol. The third kappa shape index (κ3) is 5.77. The minimum Gasteiger partial charge on any atom is -0.379 e. The highest BCUT2D eigenvalue weighted by molar-refractivity contribution is 5.79. The topological polar surface area (TPSA) is 79.6 Å². The molecule has 0 aliphatic carbocycles. The second-order valence-corrected chi connectivity index (χ2v) is 6.45. The third-order valence-electron chi connectivity index (χ3n) is 4.47. The minimum absolute atomic E-state index is 0.586. The number of hydrogen-bond acceptors (Lipinski definition) is 5. The van der Waals surface area contributed by atoms with Gasteiger partial charge in [0.25, 0.3) is 0 Å². The van der Waals surface area contributed by atoms with Gasteiger partial charge in [-0.3, -0.25) is 9.47 Å². The van der Waals surface area contributed by atoms with E-state index in [1.165, 1.54) is 0 Å². The number of rotatable bonds is 7. The molecule has 0 amide bonds. The van der Waals surface area contributed by atoms with Crippen molar-refractivity contribution in [1.29, 1.82) is 0 Å². The van der Waals surface area contributed by atoms with Gasteiger partial charge in [-0.2, -0.15) is 0 Å². The SMILES string of the molecule is CCNC(=NCc1ccc(-n2ccnc2C)nc1)NCCN1CCOCC1. The summed E-state index contributed by atoms with van der Waals surface area (Å²) in [5.41, 5.74) is 1.07. The molecule has 0 saturated carbocycles. The van der Waals surface area contributed by atoms with Gasteiger partial charge in [-0.25, -0.2) is 15.0 Å². The Hall–Kier alpha value is -2.45. The molecule has 1 fully saturated rings. The van der Waals surface area contributed by atoms with Crippen molar-refractivity contribution < 1.29 is 4.74 Å². The summed E-state index contributed by atoms with van der Waals surface area (Å²) in [4.78, 5) is 15.8. The van der Waals surface area contributed by atoms with E-state index >= 15 is 0 Å². The van der Waals surface area contributed by atoms with E-state index in [0.29, 0.717) is 6.54 Å². The summed E-state index contributed by atoms with van der Waals surface area (Å²) in [5, 5.41) is 6.70. The van der Waals surface area contributed by atoms with E-state index in [-0.39, 0.29) is 0 Å². The van der Waals surface area contributed by atoms with Gasteiger partial charge in [-0.05, 0) is 25.5 Å². The molecule has 3 heterocycles. The fourth-order valence-corrected chi connectivity index (χ4v) is 2.94. The second-order valence-electron chi connectivity index (χ2n) is 6.45. The fourth-order valence-electron chi connectivity index (χ4n) is 2.94. The number of hydrogen-bond donors (Lipinski definition) is 2. The van der Waals surface area contributed by atoms with Gasteiger partial charge in [0.2, 0.25) is 0 Å². The van der Waals surface area contributed by atoms with Crippen LogP contribution in [0.2, 0.25) is 0 Å². The molecule has 27 heavy (non-hydrogen) atoms. The van der Waals surface area contributed by atoms with E-state index in [9.17, 15) is 0 Å². The number of guanidine groups is 1. The maximum absolute atomic E-state index is 5.38. The van der Waals surface area contributed by atoms with Crippen molar-refractivity contribution in [2.45, 2.75) is 20.4 Å². The Morgan fingerprint density at radius 1 is 1.22 bits per heavy atom. The van der Waals surface area contributed by atoms with Crippen LogP contribution in [0.4, 0.5) is 0 Å². The first-order valence-electron chi connectivity index (χ1n) is 9.54. The standard InChI is InChI=1S/C19H29N7O/c1-3-20-19(22-6-8-25-10-12-27-13-11-25)24-15-17-4-5-18(23-14-17)26-9-7-21-16(26)2/h4-5,7,9,14H,3,6,8,10-13,15H2,1-2H3,(H2,20,22,24). The van der Waals surface area contributed by atoms with Crippen LogP contribution in [0.1, 0.15) is 18.3 Å². The highest BCUT2D eigenvalue weighted by Crippen LogP contribution is 2.09. The van der Waals surface area contributed by atoms with Crippen LogP contribution in [0, 0.1) is 6.92 Å². The number of aliphatic imine (C=N–C) groups is 1. The maximum Gasteiger partial charge on any atom is 0.191 e. The van der Waals surface area contributed by atoms with Crippen LogP contribution in [0.3, 0.4) is 0 Å². The van der Waals surface area contributed by atoms with Gasteiger partial charge in [0.15, 0.2) is 5.96 Å². The maximum atomic E-state index is 5.38. The summed E-state index contributed by atoms with van der Waals surface area (Å²) in [6, 6.07) is 4.06. The molecule has 2 aromatic heterocycles. The number of aryl methyl sites for hydroxylation is 1. The average Bonchev–Trinajstić information content (AvgIpc) is 3.13. The number of nitrogens with zero attached hydrogens (tertiary/aromatic N) is 5. The lowest BCUT2D eigenvalue weighted by Crippen LogP contribution is -2.44. The monoisotopic (exact) mass is 371 g/mol. The minimum atomic E-state index is 0.586. The molecule has 0 unspecified atom stereocenters. The molecule has 146 valence electrons. The second kappa shape index (κ2) is 10.0. The van der Waals surface area contributed by atoms with Crippen molar-refractivity contribution >= 4 is 5.96 Å². The first-order chi connectivity index (χ1) is 13.3. The zero-order valence-electron chi connectivity index (χ0n) is 16.2. The van der Waals surface area contributed by atoms with Crippen LogP contribution >= 0.6 is 0 Å². The van der Waals surface area contributed by atoms with E-state index < -0.39 is 0 Å². The molecule has 8 nitrogen and oxygen atoms in total. The first kappa shape index (κ1) is 19.3. The molecule has 1 aliphatic heterocycles. The smallest absolute Gasteiger partial charge is 0.191 e. The molecule has 3 rings (SSSR count). The molecule has 2 aromatic rings. The van der Waals surface area contributed by atoms with Gasteiger partial charge >= 0.3 is 0 Å². The summed E-state index contributed by atoms with van der Waals surface area (Å²) in [6.45, 7) is 11.0. The van der Waals surface area contributed by atoms with Crippen LogP contribution < -0.4 is 10.6 Å². The van der Waals surface area contributed by atoms with Crippen LogP contribution in [-0.2, 0) is 11.3 Å². The molecule has 0 spiro atoms. The van der Waals surface area contributed by atoms with E-state index in [1.54, 1.807) is 6.20 Å². The lowest BCUT2D eigenvalue weighted by molar-refractivity contribution is 0.0389.